The molecule has 1 amide bonds. The van der Waals surface area contributed by atoms with Crippen molar-refractivity contribution in [1.29, 1.82) is 0 Å². The van der Waals surface area contributed by atoms with E-state index in [0.29, 0.717) is 41.8 Å². The SMILES string of the molecule is Cc1nc(NCCNC(=O)c2ccc3c(c2)OCO3)cc(-n2ccnc2C)n1. The van der Waals surface area contributed by atoms with Gasteiger partial charge in [0, 0.05) is 37.1 Å². The Labute approximate surface area is 161 Å². The number of amides is 1. The van der Waals surface area contributed by atoms with Gasteiger partial charge in [0.1, 0.15) is 23.3 Å². The number of aryl methyl sites for hydroxylation is 2. The number of aromatic nitrogens is 4. The quantitative estimate of drug-likeness (QED) is 0.629. The zero-order chi connectivity index (χ0) is 19.5. The number of rotatable bonds is 6. The van der Waals surface area contributed by atoms with Crippen molar-refractivity contribution in [2.75, 3.05) is 25.2 Å². The summed E-state index contributed by atoms with van der Waals surface area (Å²) in [5.41, 5.74) is 0.528. The second kappa shape index (κ2) is 7.55. The highest BCUT2D eigenvalue weighted by Crippen LogP contribution is 2.32. The third kappa shape index (κ3) is 3.73. The van der Waals surface area contributed by atoms with Gasteiger partial charge in [0.2, 0.25) is 6.79 Å². The second-order valence-corrected chi connectivity index (χ2v) is 6.25. The van der Waals surface area contributed by atoms with Gasteiger partial charge in [-0.25, -0.2) is 15.0 Å². The molecule has 4 rings (SSSR count). The minimum absolute atomic E-state index is 0.173. The van der Waals surface area contributed by atoms with Crippen LogP contribution in [0.2, 0.25) is 0 Å². The molecule has 3 heterocycles. The summed E-state index contributed by atoms with van der Waals surface area (Å²) in [4.78, 5) is 25.3. The molecule has 0 fully saturated rings. The molecule has 144 valence electrons. The summed E-state index contributed by atoms with van der Waals surface area (Å²) in [5, 5.41) is 6.08. The van der Waals surface area contributed by atoms with Crippen molar-refractivity contribution in [1.82, 2.24) is 24.8 Å². The highest BCUT2D eigenvalue weighted by molar-refractivity contribution is 5.94. The monoisotopic (exact) mass is 380 g/mol. The number of carbonyl (C=O) groups excluding carboxylic acids is 1. The van der Waals surface area contributed by atoms with Crippen LogP contribution < -0.4 is 20.1 Å². The molecule has 1 aromatic carbocycles. The molecule has 1 aliphatic heterocycles. The molecule has 9 heteroatoms. The van der Waals surface area contributed by atoms with Gasteiger partial charge in [0.25, 0.3) is 5.91 Å². The fraction of sp³-hybridized carbons (Fsp3) is 0.263. The lowest BCUT2D eigenvalue weighted by molar-refractivity contribution is 0.0954. The highest BCUT2D eigenvalue weighted by atomic mass is 16.7. The number of nitrogens with zero attached hydrogens (tertiary/aromatic N) is 4. The first-order valence-electron chi connectivity index (χ1n) is 8.88. The number of hydrogen-bond acceptors (Lipinski definition) is 7. The van der Waals surface area contributed by atoms with E-state index in [1.165, 1.54) is 0 Å². The number of benzene rings is 1. The Morgan fingerprint density at radius 3 is 2.82 bits per heavy atom. The molecular formula is C19H20N6O3. The summed E-state index contributed by atoms with van der Waals surface area (Å²) < 4.78 is 12.4. The van der Waals surface area contributed by atoms with E-state index in [-0.39, 0.29) is 12.7 Å². The van der Waals surface area contributed by atoms with Crippen LogP contribution in [0.5, 0.6) is 11.5 Å². The number of anilines is 1. The van der Waals surface area contributed by atoms with Crippen LogP contribution in [0.25, 0.3) is 5.82 Å². The smallest absolute Gasteiger partial charge is 0.251 e. The summed E-state index contributed by atoms with van der Waals surface area (Å²) in [6.45, 7) is 4.90. The first-order chi connectivity index (χ1) is 13.6. The lowest BCUT2D eigenvalue weighted by Crippen LogP contribution is -2.29. The van der Waals surface area contributed by atoms with Crippen LogP contribution >= 0.6 is 0 Å². The van der Waals surface area contributed by atoms with Crippen LogP contribution in [0.1, 0.15) is 22.0 Å². The van der Waals surface area contributed by atoms with Gasteiger partial charge in [-0.05, 0) is 32.0 Å². The van der Waals surface area contributed by atoms with Gasteiger partial charge >= 0.3 is 0 Å². The van der Waals surface area contributed by atoms with Crippen molar-refractivity contribution in [3.8, 4) is 17.3 Å². The highest BCUT2D eigenvalue weighted by Gasteiger charge is 2.16. The first-order valence-corrected chi connectivity index (χ1v) is 8.88. The molecule has 0 unspecified atom stereocenters. The van der Waals surface area contributed by atoms with Gasteiger partial charge in [-0.2, -0.15) is 0 Å². The van der Waals surface area contributed by atoms with E-state index in [9.17, 15) is 4.79 Å². The Morgan fingerprint density at radius 2 is 2.00 bits per heavy atom. The minimum Gasteiger partial charge on any atom is -0.454 e. The van der Waals surface area contributed by atoms with Gasteiger partial charge in [-0.3, -0.25) is 9.36 Å². The predicted molar refractivity (Wildman–Crippen MR) is 102 cm³/mol. The summed E-state index contributed by atoms with van der Waals surface area (Å²) in [6.07, 6.45) is 3.58. The molecule has 0 saturated carbocycles. The number of fused-ring (bicyclic) bond motifs is 1. The van der Waals surface area contributed by atoms with E-state index in [0.717, 1.165) is 11.6 Å². The summed E-state index contributed by atoms with van der Waals surface area (Å²) in [7, 11) is 0. The van der Waals surface area contributed by atoms with E-state index in [1.807, 2.05) is 30.7 Å². The molecule has 0 atom stereocenters. The van der Waals surface area contributed by atoms with Crippen LogP contribution in [-0.2, 0) is 0 Å². The van der Waals surface area contributed by atoms with E-state index in [4.69, 9.17) is 9.47 Å². The van der Waals surface area contributed by atoms with E-state index in [2.05, 4.69) is 25.6 Å². The Hall–Kier alpha value is -3.62. The standard InChI is InChI=1S/C19H20N6O3/c1-12-23-17(10-18(24-12)25-8-7-20-13(25)2)21-5-6-22-19(26)14-3-4-15-16(9-14)28-11-27-15/h3-4,7-10H,5-6,11H2,1-2H3,(H,22,26)(H,21,23,24). The fourth-order valence-corrected chi connectivity index (χ4v) is 2.89. The van der Waals surface area contributed by atoms with Gasteiger partial charge in [0.05, 0.1) is 0 Å². The van der Waals surface area contributed by atoms with Gasteiger partial charge < -0.3 is 20.1 Å². The molecule has 2 aromatic heterocycles. The number of nitrogens with one attached hydrogen (secondary N) is 2. The number of hydrogen-bond donors (Lipinski definition) is 2. The Morgan fingerprint density at radius 1 is 1.14 bits per heavy atom. The molecule has 1 aliphatic rings. The van der Waals surface area contributed by atoms with Crippen molar-refractivity contribution in [2.24, 2.45) is 0 Å². The van der Waals surface area contributed by atoms with Crippen LogP contribution in [-0.4, -0.2) is 45.3 Å². The van der Waals surface area contributed by atoms with Gasteiger partial charge in [0.15, 0.2) is 11.5 Å². The maximum Gasteiger partial charge on any atom is 0.251 e. The predicted octanol–water partition coefficient (Wildman–Crippen LogP) is 1.85. The fourth-order valence-electron chi connectivity index (χ4n) is 2.89. The average molecular weight is 380 g/mol. The van der Waals surface area contributed by atoms with E-state index >= 15 is 0 Å². The number of imidazole rings is 1. The summed E-state index contributed by atoms with van der Waals surface area (Å²) >= 11 is 0. The van der Waals surface area contributed by atoms with Gasteiger partial charge in [-0.1, -0.05) is 0 Å². The Bertz CT molecular complexity index is 1020. The maximum absolute atomic E-state index is 12.3. The lowest BCUT2D eigenvalue weighted by atomic mass is 10.2. The summed E-state index contributed by atoms with van der Waals surface area (Å²) in [6, 6.07) is 6.97. The average Bonchev–Trinajstić information content (AvgIpc) is 3.32. The van der Waals surface area contributed by atoms with E-state index in [1.54, 1.807) is 24.4 Å². The van der Waals surface area contributed by atoms with Crippen molar-refractivity contribution in [3.63, 3.8) is 0 Å². The zero-order valence-electron chi connectivity index (χ0n) is 15.6. The molecule has 0 radical (unpaired) electrons. The second-order valence-electron chi connectivity index (χ2n) is 6.25. The summed E-state index contributed by atoms with van der Waals surface area (Å²) in [5.74, 6) is 4.00. The lowest BCUT2D eigenvalue weighted by Gasteiger charge is -2.11. The zero-order valence-corrected chi connectivity index (χ0v) is 15.6. The first kappa shape index (κ1) is 17.8. The molecule has 0 saturated heterocycles. The molecule has 0 bridgehead atoms. The maximum atomic E-state index is 12.3. The van der Waals surface area contributed by atoms with Crippen LogP contribution in [0.3, 0.4) is 0 Å². The molecule has 3 aromatic rings. The normalized spacial score (nSPS) is 12.1. The number of carbonyl (C=O) groups is 1. The van der Waals surface area contributed by atoms with Crippen molar-refractivity contribution < 1.29 is 14.3 Å². The van der Waals surface area contributed by atoms with Crippen LogP contribution in [0.15, 0.2) is 36.7 Å². The Kier molecular flexibility index (Phi) is 4.79. The van der Waals surface area contributed by atoms with Crippen LogP contribution in [0.4, 0.5) is 5.82 Å². The van der Waals surface area contributed by atoms with Crippen LogP contribution in [0, 0.1) is 13.8 Å². The molecule has 0 spiro atoms. The third-order valence-electron chi connectivity index (χ3n) is 4.25. The third-order valence-corrected chi connectivity index (χ3v) is 4.25. The number of ether oxygens (including phenoxy) is 2. The molecule has 9 nitrogen and oxygen atoms in total. The molecule has 28 heavy (non-hydrogen) atoms. The molecule has 0 aliphatic carbocycles. The van der Waals surface area contributed by atoms with Gasteiger partial charge in [-0.15, -0.1) is 0 Å². The molecular weight excluding hydrogens is 360 g/mol. The minimum atomic E-state index is -0.173. The molecule has 2 N–H and O–H groups in total. The Balaban J connectivity index is 1.33. The largest absolute Gasteiger partial charge is 0.454 e. The van der Waals surface area contributed by atoms with Crippen molar-refractivity contribution >= 4 is 11.7 Å². The topological polar surface area (TPSA) is 103 Å². The van der Waals surface area contributed by atoms with E-state index < -0.39 is 0 Å². The van der Waals surface area contributed by atoms with Crippen molar-refractivity contribution in [2.45, 2.75) is 13.8 Å². The van der Waals surface area contributed by atoms with Crippen molar-refractivity contribution in [3.05, 3.63) is 53.9 Å².